The minimum atomic E-state index is 0. The van der Waals surface area contributed by atoms with E-state index >= 15 is 0 Å². The van der Waals surface area contributed by atoms with E-state index in [0.29, 0.717) is 11.5 Å². The molecule has 2 nitrogen and oxygen atoms in total. The number of benzene rings is 2. The van der Waals surface area contributed by atoms with E-state index in [4.69, 9.17) is 9.78 Å². The van der Waals surface area contributed by atoms with Crippen LogP contribution in [0.1, 0.15) is 18.9 Å². The molecule has 0 saturated carbocycles. The van der Waals surface area contributed by atoms with Crippen molar-refractivity contribution in [1.29, 1.82) is 0 Å². The summed E-state index contributed by atoms with van der Waals surface area (Å²) in [6.07, 6.45) is 0.881. The number of allylic oxidation sites excluding steroid dienone is 1. The van der Waals surface area contributed by atoms with Crippen LogP contribution in [0, 0.1) is 0 Å². The molecular weight excluding hydrogens is 252 g/mol. The Labute approximate surface area is 118 Å². The zero-order valence-electron chi connectivity index (χ0n) is 10.9. The minimum Gasteiger partial charge on any atom is -0.290 e. The summed E-state index contributed by atoms with van der Waals surface area (Å²) in [5.74, 6) is 1.36. The predicted octanol–water partition coefficient (Wildman–Crippen LogP) is 4.10. The van der Waals surface area contributed by atoms with Crippen LogP contribution in [0.2, 0.25) is 0 Å². The number of hydrogen-bond acceptors (Lipinski definition) is 2. The molecular formula is C16H16O2Si. The Kier molecular flexibility index (Phi) is 5.89. The predicted molar refractivity (Wildman–Crippen MR) is 79.2 cm³/mol. The molecule has 2 aromatic rings. The van der Waals surface area contributed by atoms with Gasteiger partial charge in [0.05, 0.1) is 0 Å². The summed E-state index contributed by atoms with van der Waals surface area (Å²) < 4.78 is 0. The second-order valence-electron chi connectivity index (χ2n) is 3.93. The van der Waals surface area contributed by atoms with Crippen LogP contribution in [-0.2, 0) is 0 Å². The summed E-state index contributed by atoms with van der Waals surface area (Å²) in [5, 5.41) is 0. The normalized spacial score (nSPS) is 9.32. The second-order valence-corrected chi connectivity index (χ2v) is 3.93. The fourth-order valence-corrected chi connectivity index (χ4v) is 1.59. The summed E-state index contributed by atoms with van der Waals surface area (Å²) in [6.45, 7) is 6.09. The lowest BCUT2D eigenvalue weighted by molar-refractivity contribution is -0.100. The van der Waals surface area contributed by atoms with Crippen LogP contribution in [-0.4, -0.2) is 11.0 Å². The molecule has 0 fully saturated rings. The van der Waals surface area contributed by atoms with E-state index < -0.39 is 0 Å². The van der Waals surface area contributed by atoms with Crippen LogP contribution in [0.4, 0.5) is 0 Å². The molecule has 0 aliphatic carbocycles. The van der Waals surface area contributed by atoms with Crippen molar-refractivity contribution < 1.29 is 9.78 Å². The molecule has 4 radical (unpaired) electrons. The first-order valence-electron chi connectivity index (χ1n) is 5.98. The molecule has 0 unspecified atom stereocenters. The van der Waals surface area contributed by atoms with Gasteiger partial charge in [-0.2, -0.15) is 0 Å². The topological polar surface area (TPSA) is 18.5 Å². The van der Waals surface area contributed by atoms with Crippen molar-refractivity contribution in [3.8, 4) is 11.5 Å². The monoisotopic (exact) mass is 268 g/mol. The molecule has 0 saturated heterocycles. The SMILES string of the molecule is C=C(CC)c1ccccc1OOc1ccccc1.[Si]. The van der Waals surface area contributed by atoms with E-state index in [1.54, 1.807) is 0 Å². The van der Waals surface area contributed by atoms with Crippen molar-refractivity contribution in [2.24, 2.45) is 0 Å². The molecule has 0 amide bonds. The molecule has 0 N–H and O–H groups in total. The van der Waals surface area contributed by atoms with Gasteiger partial charge in [-0.25, -0.2) is 0 Å². The van der Waals surface area contributed by atoms with E-state index in [2.05, 4.69) is 13.5 Å². The van der Waals surface area contributed by atoms with Gasteiger partial charge in [-0.1, -0.05) is 49.9 Å². The highest BCUT2D eigenvalue weighted by molar-refractivity contribution is 5.75. The highest BCUT2D eigenvalue weighted by Crippen LogP contribution is 2.27. The third-order valence-corrected chi connectivity index (χ3v) is 2.67. The van der Waals surface area contributed by atoms with E-state index in [9.17, 15) is 0 Å². The first-order valence-corrected chi connectivity index (χ1v) is 5.98. The Bertz CT molecular complexity index is 523. The van der Waals surface area contributed by atoms with E-state index in [1.165, 1.54) is 0 Å². The molecule has 2 rings (SSSR count). The van der Waals surface area contributed by atoms with Crippen molar-refractivity contribution in [2.45, 2.75) is 13.3 Å². The van der Waals surface area contributed by atoms with Crippen LogP contribution in [0.25, 0.3) is 5.57 Å². The Morgan fingerprint density at radius 1 is 0.947 bits per heavy atom. The van der Waals surface area contributed by atoms with Gasteiger partial charge in [0.1, 0.15) is 0 Å². The third-order valence-electron chi connectivity index (χ3n) is 2.67. The van der Waals surface area contributed by atoms with Crippen molar-refractivity contribution in [3.63, 3.8) is 0 Å². The largest absolute Gasteiger partial charge is 0.290 e. The summed E-state index contributed by atoms with van der Waals surface area (Å²) in [4.78, 5) is 10.7. The second kappa shape index (κ2) is 7.44. The molecule has 96 valence electrons. The fourth-order valence-electron chi connectivity index (χ4n) is 1.59. The van der Waals surface area contributed by atoms with Gasteiger partial charge in [0.25, 0.3) is 0 Å². The molecule has 0 heterocycles. The van der Waals surface area contributed by atoms with Crippen molar-refractivity contribution in [3.05, 3.63) is 66.7 Å². The van der Waals surface area contributed by atoms with Gasteiger partial charge < -0.3 is 0 Å². The van der Waals surface area contributed by atoms with E-state index in [0.717, 1.165) is 17.6 Å². The molecule has 19 heavy (non-hydrogen) atoms. The molecule has 0 aliphatic rings. The molecule has 0 aromatic heterocycles. The zero-order chi connectivity index (χ0) is 12.8. The highest BCUT2D eigenvalue weighted by Gasteiger charge is 2.06. The van der Waals surface area contributed by atoms with Crippen LogP contribution in [0.5, 0.6) is 11.5 Å². The van der Waals surface area contributed by atoms with Crippen LogP contribution >= 0.6 is 0 Å². The molecule has 0 atom stereocenters. The van der Waals surface area contributed by atoms with Gasteiger partial charge >= 0.3 is 0 Å². The van der Waals surface area contributed by atoms with Crippen LogP contribution in [0.15, 0.2) is 61.2 Å². The Hall–Kier alpha value is -2.00. The molecule has 0 aliphatic heterocycles. The number of para-hydroxylation sites is 2. The third kappa shape index (κ3) is 4.00. The minimum absolute atomic E-state index is 0. The Morgan fingerprint density at radius 3 is 2.26 bits per heavy atom. The lowest BCUT2D eigenvalue weighted by atomic mass is 10.0. The molecule has 3 heteroatoms. The van der Waals surface area contributed by atoms with Crippen LogP contribution in [0.3, 0.4) is 0 Å². The quantitative estimate of drug-likeness (QED) is 0.462. The smallest absolute Gasteiger partial charge is 0.186 e. The fraction of sp³-hybridized carbons (Fsp3) is 0.125. The summed E-state index contributed by atoms with van der Waals surface area (Å²) >= 11 is 0. The molecule has 2 aromatic carbocycles. The first-order chi connectivity index (χ1) is 8.81. The summed E-state index contributed by atoms with van der Waals surface area (Å²) in [6, 6.07) is 17.1. The zero-order valence-corrected chi connectivity index (χ0v) is 11.9. The summed E-state index contributed by atoms with van der Waals surface area (Å²) in [7, 11) is 0. The van der Waals surface area contributed by atoms with Gasteiger partial charge in [0, 0.05) is 16.5 Å². The first kappa shape index (κ1) is 15.1. The van der Waals surface area contributed by atoms with E-state index in [1.807, 2.05) is 54.6 Å². The van der Waals surface area contributed by atoms with Gasteiger partial charge in [-0.05, 0) is 30.2 Å². The maximum atomic E-state index is 5.39. The van der Waals surface area contributed by atoms with Gasteiger partial charge in [-0.15, -0.1) is 0 Å². The van der Waals surface area contributed by atoms with Crippen molar-refractivity contribution in [1.82, 2.24) is 0 Å². The van der Waals surface area contributed by atoms with Gasteiger partial charge in [-0.3, -0.25) is 9.78 Å². The Morgan fingerprint density at radius 2 is 1.58 bits per heavy atom. The lowest BCUT2D eigenvalue weighted by Gasteiger charge is -2.10. The standard InChI is InChI=1S/C16H16O2.Si/c1-3-13(2)15-11-7-8-12-16(15)18-17-14-9-5-4-6-10-14;/h4-12H,2-3H2,1H3;. The lowest BCUT2D eigenvalue weighted by Crippen LogP contribution is -2.02. The average Bonchev–Trinajstić information content (AvgIpc) is 2.45. The molecule has 0 bridgehead atoms. The highest BCUT2D eigenvalue weighted by atomic mass is 28.1. The van der Waals surface area contributed by atoms with Crippen molar-refractivity contribution >= 4 is 16.5 Å². The number of rotatable bonds is 5. The number of hydrogen-bond donors (Lipinski definition) is 0. The Balaban J connectivity index is 0.00000180. The maximum Gasteiger partial charge on any atom is 0.186 e. The van der Waals surface area contributed by atoms with Gasteiger partial charge in [0.15, 0.2) is 11.5 Å². The van der Waals surface area contributed by atoms with Crippen LogP contribution < -0.4 is 9.78 Å². The van der Waals surface area contributed by atoms with Gasteiger partial charge in [0.2, 0.25) is 0 Å². The van der Waals surface area contributed by atoms with E-state index in [-0.39, 0.29) is 11.0 Å². The van der Waals surface area contributed by atoms with Crippen molar-refractivity contribution in [2.75, 3.05) is 0 Å². The average molecular weight is 268 g/mol. The molecule has 0 spiro atoms. The maximum absolute atomic E-state index is 5.39. The summed E-state index contributed by atoms with van der Waals surface area (Å²) in [5.41, 5.74) is 2.01.